The maximum Gasteiger partial charge on any atom is 0.229 e. The molecule has 256 valence electrons. The summed E-state index contributed by atoms with van der Waals surface area (Å²) in [5.41, 5.74) is 13.7. The lowest BCUT2D eigenvalue weighted by molar-refractivity contribution is 0.669. The first kappa shape index (κ1) is 29.9. The number of hydrogen-bond donors (Lipinski definition) is 2. The maximum absolute atomic E-state index is 9.10. The molecular weight excluding hydrogens is 675 g/mol. The number of para-hydroxylation sites is 2. The van der Waals surface area contributed by atoms with Gasteiger partial charge in [-0.2, -0.15) is 4.99 Å². The van der Waals surface area contributed by atoms with Gasteiger partial charge < -0.3 is 14.0 Å². The van der Waals surface area contributed by atoms with Gasteiger partial charge in [-0.3, -0.25) is 5.41 Å². The van der Waals surface area contributed by atoms with Crippen LogP contribution in [0.4, 0.5) is 0 Å². The Morgan fingerprint density at radius 1 is 0.564 bits per heavy atom. The predicted molar refractivity (Wildman–Crippen MR) is 224 cm³/mol. The highest BCUT2D eigenvalue weighted by molar-refractivity contribution is 6.30. The number of fused-ring (bicyclic) bond motifs is 7. The highest BCUT2D eigenvalue weighted by atomic mass is 16.3. The maximum atomic E-state index is 9.10. The van der Waals surface area contributed by atoms with Gasteiger partial charge in [0.1, 0.15) is 11.2 Å². The first-order valence-corrected chi connectivity index (χ1v) is 18.4. The van der Waals surface area contributed by atoms with Gasteiger partial charge in [0.25, 0.3) is 0 Å². The zero-order chi connectivity index (χ0) is 36.2. The lowest BCUT2D eigenvalue weighted by Crippen LogP contribution is -2.17. The van der Waals surface area contributed by atoms with Crippen LogP contribution in [-0.4, -0.2) is 20.4 Å². The van der Waals surface area contributed by atoms with Gasteiger partial charge in [-0.25, -0.2) is 4.98 Å². The Labute approximate surface area is 313 Å². The molecule has 0 spiro atoms. The van der Waals surface area contributed by atoms with Crippen molar-refractivity contribution in [2.24, 2.45) is 4.99 Å². The van der Waals surface area contributed by atoms with Gasteiger partial charge >= 0.3 is 0 Å². The van der Waals surface area contributed by atoms with Gasteiger partial charge in [-0.05, 0) is 93.7 Å². The number of aromatic amines is 1. The zero-order valence-corrected chi connectivity index (χ0v) is 29.3. The van der Waals surface area contributed by atoms with Crippen molar-refractivity contribution in [2.75, 3.05) is 0 Å². The molecule has 0 radical (unpaired) electrons. The van der Waals surface area contributed by atoms with Gasteiger partial charge in [0, 0.05) is 43.7 Å². The molecule has 0 unspecified atom stereocenters. The lowest BCUT2D eigenvalue weighted by atomic mass is 9.93. The highest BCUT2D eigenvalue weighted by Crippen LogP contribution is 2.49. The minimum absolute atomic E-state index is 0.121. The Kier molecular flexibility index (Phi) is 6.11. The van der Waals surface area contributed by atoms with Crippen molar-refractivity contribution in [3.63, 3.8) is 0 Å². The Bertz CT molecular complexity index is 3510. The van der Waals surface area contributed by atoms with Crippen molar-refractivity contribution in [1.82, 2.24) is 14.5 Å². The van der Waals surface area contributed by atoms with Crippen LogP contribution in [0, 0.1) is 5.41 Å². The quantitative estimate of drug-likeness (QED) is 0.142. The molecule has 6 heteroatoms. The van der Waals surface area contributed by atoms with Crippen molar-refractivity contribution in [1.29, 1.82) is 5.41 Å². The predicted octanol–water partition coefficient (Wildman–Crippen LogP) is 12.0. The summed E-state index contributed by atoms with van der Waals surface area (Å²) in [6.07, 6.45) is 0. The molecule has 1 aliphatic rings. The van der Waals surface area contributed by atoms with Gasteiger partial charge in [0.15, 0.2) is 5.84 Å². The Morgan fingerprint density at radius 2 is 1.25 bits per heavy atom. The van der Waals surface area contributed by atoms with Gasteiger partial charge in [-0.1, -0.05) is 103 Å². The second-order valence-corrected chi connectivity index (χ2v) is 14.2. The van der Waals surface area contributed by atoms with Crippen molar-refractivity contribution >= 4 is 71.3 Å². The Balaban J connectivity index is 0.973. The molecule has 8 aromatic carbocycles. The number of benzene rings is 8. The smallest absolute Gasteiger partial charge is 0.229 e. The van der Waals surface area contributed by atoms with Crippen LogP contribution in [-0.2, 0) is 0 Å². The Hall–Kier alpha value is -7.57. The van der Waals surface area contributed by atoms with E-state index < -0.39 is 0 Å². The molecule has 12 rings (SSSR count). The number of nitrogens with zero attached hydrogens (tertiary/aromatic N) is 3. The van der Waals surface area contributed by atoms with Crippen LogP contribution < -0.4 is 5.62 Å². The standard InChI is InChI=1S/C49H29N5O/c50-48(53-49-51-39-16-5-3-13-38(39)47(52-49)30-21-25-35-34-12-4-6-18-42(34)55-43(35)27-30)29-19-23-31(24-20-29)54-40-17-8-15-37-33-11-2-1-10-32(33)36-14-7-9-28-22-26-41(54)46(44(28)36)45(37)40/h1-27H,(H2,50,51,52,53). The molecule has 2 N–H and O–H groups in total. The normalized spacial score (nSPS) is 12.5. The van der Waals surface area contributed by atoms with E-state index in [0.717, 1.165) is 60.8 Å². The first-order chi connectivity index (χ1) is 27.2. The van der Waals surface area contributed by atoms with Gasteiger partial charge in [-0.15, -0.1) is 0 Å². The second-order valence-electron chi connectivity index (χ2n) is 14.2. The summed E-state index contributed by atoms with van der Waals surface area (Å²) >= 11 is 0. The summed E-state index contributed by atoms with van der Waals surface area (Å²) in [6, 6.07) is 57.0. The molecular formula is C49H29N5O. The largest absolute Gasteiger partial charge is 0.456 e. The minimum atomic E-state index is 0.121. The van der Waals surface area contributed by atoms with Crippen LogP contribution in [0.3, 0.4) is 0 Å². The SMILES string of the molecule is N=C(N=c1nc(-c2ccc3c(c2)oc2ccccc23)c2ccccc2[nH]1)c1ccc(-n2c3cccc4c3c3c5c(cccc5ccc32)-c2ccccc2-4)cc1. The third-order valence-electron chi connectivity index (χ3n) is 11.2. The van der Waals surface area contributed by atoms with E-state index in [1.807, 2.05) is 60.7 Å². The van der Waals surface area contributed by atoms with E-state index in [0.29, 0.717) is 11.2 Å². The topological polar surface area (TPSA) is 83.0 Å². The second kappa shape index (κ2) is 11.2. The molecule has 0 saturated carbocycles. The molecule has 0 bridgehead atoms. The van der Waals surface area contributed by atoms with E-state index in [1.54, 1.807) is 0 Å². The zero-order valence-electron chi connectivity index (χ0n) is 29.3. The number of furan rings is 1. The summed E-state index contributed by atoms with van der Waals surface area (Å²) in [4.78, 5) is 13.1. The van der Waals surface area contributed by atoms with Crippen molar-refractivity contribution in [2.45, 2.75) is 0 Å². The summed E-state index contributed by atoms with van der Waals surface area (Å²) in [7, 11) is 0. The molecule has 0 fully saturated rings. The van der Waals surface area contributed by atoms with E-state index in [9.17, 15) is 0 Å². The van der Waals surface area contributed by atoms with Crippen molar-refractivity contribution in [3.8, 4) is 39.2 Å². The summed E-state index contributed by atoms with van der Waals surface area (Å²) in [6.45, 7) is 0. The number of hydrogen-bond acceptors (Lipinski definition) is 3. The summed E-state index contributed by atoms with van der Waals surface area (Å²) in [5.74, 6) is 0.121. The summed E-state index contributed by atoms with van der Waals surface area (Å²) < 4.78 is 8.57. The number of rotatable bonds is 3. The van der Waals surface area contributed by atoms with E-state index in [-0.39, 0.29) is 5.84 Å². The van der Waals surface area contributed by atoms with Crippen LogP contribution in [0.15, 0.2) is 173 Å². The number of amidine groups is 1. The fraction of sp³-hybridized carbons (Fsp3) is 0. The van der Waals surface area contributed by atoms with Crippen LogP contribution in [0.25, 0.3) is 105 Å². The molecule has 6 nitrogen and oxygen atoms in total. The average Bonchev–Trinajstić information content (AvgIpc) is 3.75. The third kappa shape index (κ3) is 4.33. The molecule has 1 aliphatic carbocycles. The lowest BCUT2D eigenvalue weighted by Gasteiger charge is -2.13. The van der Waals surface area contributed by atoms with E-state index in [2.05, 4.69) is 113 Å². The van der Waals surface area contributed by atoms with Crippen molar-refractivity contribution < 1.29 is 4.42 Å². The van der Waals surface area contributed by atoms with Crippen LogP contribution in [0.1, 0.15) is 5.56 Å². The fourth-order valence-corrected chi connectivity index (χ4v) is 8.80. The molecule has 0 amide bonds. The van der Waals surface area contributed by atoms with Gasteiger partial charge in [0.2, 0.25) is 5.62 Å². The number of nitrogens with one attached hydrogen (secondary N) is 2. The van der Waals surface area contributed by atoms with Crippen LogP contribution >= 0.6 is 0 Å². The average molecular weight is 704 g/mol. The molecule has 0 atom stereocenters. The first-order valence-electron chi connectivity index (χ1n) is 18.4. The van der Waals surface area contributed by atoms with E-state index in [4.69, 9.17) is 19.8 Å². The van der Waals surface area contributed by atoms with Gasteiger partial charge in [0.05, 0.1) is 22.2 Å². The number of H-pyrrole nitrogens is 1. The van der Waals surface area contributed by atoms with Crippen LogP contribution in [0.2, 0.25) is 0 Å². The monoisotopic (exact) mass is 703 g/mol. The molecule has 55 heavy (non-hydrogen) atoms. The minimum Gasteiger partial charge on any atom is -0.456 e. The highest BCUT2D eigenvalue weighted by Gasteiger charge is 2.24. The van der Waals surface area contributed by atoms with Crippen molar-refractivity contribution in [3.05, 3.63) is 175 Å². The molecule has 11 aromatic rings. The molecule has 0 aliphatic heterocycles. The number of aromatic nitrogens is 3. The fourth-order valence-electron chi connectivity index (χ4n) is 8.80. The molecule has 3 heterocycles. The van der Waals surface area contributed by atoms with E-state index in [1.165, 1.54) is 43.8 Å². The third-order valence-corrected chi connectivity index (χ3v) is 11.2. The molecule has 0 saturated heterocycles. The van der Waals surface area contributed by atoms with E-state index >= 15 is 0 Å². The Morgan fingerprint density at radius 3 is 2.11 bits per heavy atom. The summed E-state index contributed by atoms with van der Waals surface area (Å²) in [5, 5.41) is 17.3. The molecule has 3 aromatic heterocycles. The van der Waals surface area contributed by atoms with Crippen LogP contribution in [0.5, 0.6) is 0 Å².